The number of nitrogens with zero attached hydrogens (tertiary/aromatic N) is 3. The van der Waals surface area contributed by atoms with E-state index in [2.05, 4.69) is 31.4 Å². The molecule has 5 saturated heterocycles. The third-order valence-electron chi connectivity index (χ3n) is 17.2. The molecule has 0 saturated carbocycles. The second-order valence-electron chi connectivity index (χ2n) is 25.6. The van der Waals surface area contributed by atoms with E-state index in [0.717, 1.165) is 84.8 Å². The molecule has 110 heavy (non-hydrogen) atoms. The molecule has 36 nitrogen and oxygen atoms in total. The van der Waals surface area contributed by atoms with E-state index >= 15 is 0 Å². The van der Waals surface area contributed by atoms with E-state index in [1.54, 1.807) is 0 Å². The molecule has 0 aromatic carbocycles. The number of ether oxygens (including phenoxy) is 14. The number of ketones is 2. The van der Waals surface area contributed by atoms with Gasteiger partial charge in [0.2, 0.25) is 5.91 Å². The fourth-order valence-corrected chi connectivity index (χ4v) is 14.5. The zero-order chi connectivity index (χ0) is 78.9. The van der Waals surface area contributed by atoms with Crippen molar-refractivity contribution in [2.24, 2.45) is 5.73 Å². The van der Waals surface area contributed by atoms with Gasteiger partial charge in [0, 0.05) is 131 Å². The Kier molecular flexibility index (Phi) is 51.9. The lowest BCUT2D eigenvalue weighted by Gasteiger charge is -2.16. The molecule has 0 bridgehead atoms. The monoisotopic (exact) mass is 1600 g/mol. The number of urea groups is 2. The lowest BCUT2D eigenvalue weighted by Crippen LogP contribution is -2.36. The Hall–Kier alpha value is -6.18. The molecule has 7 aliphatic rings. The summed E-state index contributed by atoms with van der Waals surface area (Å²) in [6.45, 7) is 14.4. The van der Waals surface area contributed by atoms with Crippen molar-refractivity contribution in [3.05, 3.63) is 24.3 Å². The van der Waals surface area contributed by atoms with Crippen LogP contribution < -0.4 is 32.3 Å². The number of nitrogens with one attached hydrogen (secondary N) is 5. The van der Waals surface area contributed by atoms with E-state index in [-0.39, 0.29) is 86.7 Å². The minimum Gasteiger partial charge on any atom is -0.379 e. The molecule has 7 heterocycles. The van der Waals surface area contributed by atoms with Crippen molar-refractivity contribution in [2.75, 3.05) is 223 Å². The minimum atomic E-state index is -0.851. The molecule has 5 fully saturated rings. The number of fused-ring (bicyclic) bond motifs is 2. The Morgan fingerprint density at radius 1 is 0.382 bits per heavy atom. The lowest BCUT2D eigenvalue weighted by molar-refractivity contribution is -0.197. The summed E-state index contributed by atoms with van der Waals surface area (Å²) >= 11 is 3.83. The first-order valence-corrected chi connectivity index (χ1v) is 40.3. The van der Waals surface area contributed by atoms with E-state index in [1.165, 1.54) is 12.2 Å². The highest BCUT2D eigenvalue weighted by molar-refractivity contribution is 8.00. The topological polar surface area (TPSA) is 439 Å². The maximum Gasteiger partial charge on any atom is 0.335 e. The van der Waals surface area contributed by atoms with E-state index in [1.807, 2.05) is 23.5 Å². The van der Waals surface area contributed by atoms with Gasteiger partial charge in [-0.2, -0.15) is 23.5 Å². The van der Waals surface area contributed by atoms with Gasteiger partial charge in [0.1, 0.15) is 11.6 Å². The van der Waals surface area contributed by atoms with Crippen LogP contribution in [0.25, 0.3) is 0 Å². The van der Waals surface area contributed by atoms with Crippen LogP contribution in [-0.2, 0) is 119 Å². The molecule has 38 heteroatoms. The number of hydrogen-bond donors (Lipinski definition) is 6. The maximum absolute atomic E-state index is 12.1. The molecule has 7 aliphatic heterocycles. The molecule has 6 atom stereocenters. The third-order valence-corrected chi connectivity index (χ3v) is 20.2. The largest absolute Gasteiger partial charge is 0.379 e. The number of Topliss-reactive ketones (excluding diaryl/α,β-unsaturated/α-hetero) is 2. The fourth-order valence-electron chi connectivity index (χ4n) is 11.4. The number of nitrogens with two attached hydrogens (primary N) is 1. The molecule has 624 valence electrons. The number of carbonyl (C=O) groups is 12. The first-order valence-electron chi connectivity index (χ1n) is 38.2. The number of hydrogen-bond acceptors (Lipinski definition) is 30. The van der Waals surface area contributed by atoms with Crippen LogP contribution in [0.4, 0.5) is 9.59 Å². The highest BCUT2D eigenvalue weighted by Gasteiger charge is 2.44. The van der Waals surface area contributed by atoms with Crippen LogP contribution in [-0.4, -0.2) is 343 Å². The molecule has 7 rings (SSSR count). The van der Waals surface area contributed by atoms with Gasteiger partial charge >= 0.3 is 18.0 Å². The van der Waals surface area contributed by atoms with E-state index in [9.17, 15) is 57.5 Å². The minimum absolute atomic E-state index is 0.0130. The molecule has 7 N–H and O–H groups in total. The van der Waals surface area contributed by atoms with Crippen molar-refractivity contribution >= 4 is 94.5 Å². The number of amides is 11. The molecular weight excluding hydrogens is 1490 g/mol. The lowest BCUT2D eigenvalue weighted by atomic mass is 10.0. The Balaban J connectivity index is 0.000000324. The number of hydroxylamine groups is 2. The van der Waals surface area contributed by atoms with E-state index in [4.69, 9.17) is 72.0 Å². The van der Waals surface area contributed by atoms with E-state index < -0.39 is 41.4 Å². The van der Waals surface area contributed by atoms with Gasteiger partial charge in [-0.05, 0) is 38.5 Å². The number of unbranched alkanes of at least 4 members (excludes halogenated alkanes) is 2. The number of rotatable bonds is 66. The highest BCUT2D eigenvalue weighted by atomic mass is 32.2. The average Bonchev–Trinajstić information content (AvgIpc) is 1.67. The molecule has 11 amide bonds. The Morgan fingerprint density at radius 2 is 0.691 bits per heavy atom. The molecule has 0 aromatic rings. The predicted molar refractivity (Wildman–Crippen MR) is 398 cm³/mol. The van der Waals surface area contributed by atoms with Crippen molar-refractivity contribution in [3.63, 3.8) is 0 Å². The second-order valence-corrected chi connectivity index (χ2v) is 28.1. The standard InChI is InChI=1S/C34H56N4O12S.C27H51N3O9S.C11H10N2O6/c39-27(4-1-2-6-29-33-28(26-51-29)36-34(43)37-33)5-3-12-44-14-16-46-18-20-48-22-24-50-25-23-49-21-19-47-17-15-45-13-10-35-30(40)9-11-38-31(41)7-8-32(38)42;28-7-9-34-11-13-36-15-17-38-19-21-39-20-18-37-16-14-35-12-10-33-8-3-5-23(31)4-1-2-6-25-26-24(22-40-25)29-27(32)30-26;14-7-1-2-8(15)12(7)6-5-11(18)19-13-9(16)3-4-10(13)17/h7-8,28-29,33H,1-6,9-26H2,(H,35,40)(H2,36,37,43);24-26H,1-22,28H2,(H2,29,30,32);1-2H,3-6H2. The van der Waals surface area contributed by atoms with Gasteiger partial charge in [-0.3, -0.25) is 53.0 Å². The van der Waals surface area contributed by atoms with Gasteiger partial charge in [0.15, 0.2) is 0 Å². The quantitative estimate of drug-likeness (QED) is 0.0277. The number of carbonyl (C=O) groups excluding carboxylic acids is 12. The van der Waals surface area contributed by atoms with Crippen LogP contribution in [0, 0.1) is 0 Å². The molecule has 0 aliphatic carbocycles. The fraction of sp³-hybridized carbons (Fsp3) is 0.778. The highest BCUT2D eigenvalue weighted by Crippen LogP contribution is 2.34. The zero-order valence-corrected chi connectivity index (χ0v) is 65.0. The molecule has 0 aromatic heterocycles. The van der Waals surface area contributed by atoms with Crippen molar-refractivity contribution in [1.82, 2.24) is 41.4 Å². The number of thioether (sulfide) groups is 2. The van der Waals surface area contributed by atoms with Gasteiger partial charge in [0.05, 0.1) is 202 Å². The van der Waals surface area contributed by atoms with Crippen molar-refractivity contribution < 1.29 is 129 Å². The maximum atomic E-state index is 12.1. The summed E-state index contributed by atoms with van der Waals surface area (Å²) in [4.78, 5) is 144. The predicted octanol–water partition coefficient (Wildman–Crippen LogP) is 0.654. The zero-order valence-electron chi connectivity index (χ0n) is 63.4. The summed E-state index contributed by atoms with van der Waals surface area (Å²) in [5, 5.41) is 16.0. The van der Waals surface area contributed by atoms with Crippen LogP contribution in [0.1, 0.15) is 103 Å². The van der Waals surface area contributed by atoms with Crippen LogP contribution in [0.2, 0.25) is 0 Å². The van der Waals surface area contributed by atoms with Crippen LogP contribution in [0.5, 0.6) is 0 Å². The van der Waals surface area contributed by atoms with Crippen LogP contribution in [0.3, 0.4) is 0 Å². The van der Waals surface area contributed by atoms with Crippen LogP contribution >= 0.6 is 23.5 Å². The van der Waals surface area contributed by atoms with Gasteiger partial charge in [-0.25, -0.2) is 14.4 Å². The van der Waals surface area contributed by atoms with Gasteiger partial charge in [-0.1, -0.05) is 12.8 Å². The summed E-state index contributed by atoms with van der Waals surface area (Å²) < 4.78 is 76.2. The van der Waals surface area contributed by atoms with Crippen molar-refractivity contribution in [3.8, 4) is 0 Å². The summed E-state index contributed by atoms with van der Waals surface area (Å²) in [6, 6.07) is 0.885. The number of imide groups is 3. The molecular formula is C72H117N9O27S2. The Bertz CT molecular complexity index is 2750. The van der Waals surface area contributed by atoms with Gasteiger partial charge < -0.3 is 103 Å². The first kappa shape index (κ1) is 94.4. The van der Waals surface area contributed by atoms with E-state index in [0.29, 0.717) is 245 Å². The molecule has 6 unspecified atom stereocenters. The second kappa shape index (κ2) is 60.4. The normalized spacial score (nSPS) is 19.6. The van der Waals surface area contributed by atoms with Gasteiger partial charge in [-0.15, -0.1) is 5.06 Å². The summed E-state index contributed by atoms with van der Waals surface area (Å²) in [5.74, 6) is -1.55. The van der Waals surface area contributed by atoms with Crippen molar-refractivity contribution in [2.45, 2.75) is 137 Å². The van der Waals surface area contributed by atoms with Crippen LogP contribution in [0.15, 0.2) is 24.3 Å². The first-order chi connectivity index (χ1) is 53.6. The summed E-state index contributed by atoms with van der Waals surface area (Å²) in [5.41, 5.74) is 5.33. The van der Waals surface area contributed by atoms with Crippen molar-refractivity contribution in [1.29, 1.82) is 0 Å². The third kappa shape index (κ3) is 42.6. The summed E-state index contributed by atoms with van der Waals surface area (Å²) in [6.07, 6.45) is 14.1. The Morgan fingerprint density at radius 3 is 1.04 bits per heavy atom. The smallest absolute Gasteiger partial charge is 0.335 e. The SMILES string of the molecule is NCCOCCOCCOCCOCCOCCOCCOCCCC(=O)CCCCC1SCC2NC(=O)NC21.O=C(CCCCC1SCC2NC(=O)NC21)CCCOCCOCCOCCOCCOCCOCCOCCNC(=O)CCN1C(=O)C=CC1=O.O=C(CCN1C(=O)C=CC1=O)ON1C(=O)CCC1=O. The molecule has 0 spiro atoms. The van der Waals surface area contributed by atoms with Gasteiger partial charge in [0.25, 0.3) is 35.4 Å². The Labute approximate surface area is 651 Å². The average molecular weight is 1600 g/mol. The summed E-state index contributed by atoms with van der Waals surface area (Å²) in [7, 11) is 0. The molecule has 0 radical (unpaired) electrons.